The molecule has 0 spiro atoms. The molecule has 1 saturated heterocycles. The summed E-state index contributed by atoms with van der Waals surface area (Å²) in [6.45, 7) is 4.55. The Bertz CT molecular complexity index is 1610. The van der Waals surface area contributed by atoms with Gasteiger partial charge in [0.2, 0.25) is 0 Å². The van der Waals surface area contributed by atoms with E-state index in [0.717, 1.165) is 53.1 Å². The van der Waals surface area contributed by atoms with E-state index in [1.165, 1.54) is 17.4 Å². The molecule has 2 fully saturated rings. The number of rotatable bonds is 13. The number of aromatic nitrogens is 1. The number of carbonyl (C=O) groups is 2. The van der Waals surface area contributed by atoms with Crippen LogP contribution in [0.15, 0.2) is 60.8 Å². The van der Waals surface area contributed by atoms with Gasteiger partial charge in [0.25, 0.3) is 5.91 Å². The maximum Gasteiger partial charge on any atom is 0.255 e. The van der Waals surface area contributed by atoms with Gasteiger partial charge >= 0.3 is 0 Å². The van der Waals surface area contributed by atoms with Gasteiger partial charge < -0.3 is 19.5 Å². The molecule has 0 unspecified atom stereocenters. The number of aliphatic hydroxyl groups is 1. The lowest BCUT2D eigenvalue weighted by Crippen LogP contribution is -2.49. The number of Topliss-reactive ketones (excluding diaryl/α,β-unsaturated/α-hetero) is 1. The van der Waals surface area contributed by atoms with Gasteiger partial charge in [0.1, 0.15) is 11.5 Å². The minimum absolute atomic E-state index is 0.0232. The van der Waals surface area contributed by atoms with Crippen LogP contribution in [0.5, 0.6) is 11.5 Å². The highest BCUT2D eigenvalue weighted by Crippen LogP contribution is 2.40. The second-order valence-electron chi connectivity index (χ2n) is 11.4. The van der Waals surface area contributed by atoms with Crippen LogP contribution in [0.3, 0.4) is 0 Å². The largest absolute Gasteiger partial charge is 0.453 e. The summed E-state index contributed by atoms with van der Waals surface area (Å²) < 4.78 is 27.2. The van der Waals surface area contributed by atoms with E-state index in [2.05, 4.69) is 9.88 Å². The van der Waals surface area contributed by atoms with E-state index in [0.29, 0.717) is 55.5 Å². The first-order chi connectivity index (χ1) is 21.5. The number of pyridine rings is 1. The van der Waals surface area contributed by atoms with E-state index in [4.69, 9.17) is 14.6 Å². The van der Waals surface area contributed by atoms with E-state index >= 15 is 0 Å². The van der Waals surface area contributed by atoms with Crippen molar-refractivity contribution in [3.05, 3.63) is 77.7 Å². The zero-order valence-corrected chi connectivity index (χ0v) is 25.4. The summed E-state index contributed by atoms with van der Waals surface area (Å²) in [4.78, 5) is 34.9. The Hall–Kier alpha value is -3.70. The number of ether oxygens (including phenoxy) is 2. The van der Waals surface area contributed by atoms with Gasteiger partial charge in [0.05, 0.1) is 40.7 Å². The van der Waals surface area contributed by atoms with Gasteiger partial charge in [0.15, 0.2) is 11.6 Å². The van der Waals surface area contributed by atoms with Gasteiger partial charge in [-0.3, -0.25) is 19.5 Å². The number of aliphatic hydroxyl groups excluding tert-OH is 1. The SMILES string of the molecule is O=C(Cc1ccc(Oc2cccc3cc(-c4ccc(C(=O)N5CCN(CCOCCO)CC5)cn4)sc23)c(F)c1)CC1CC1. The standard InChI is InChI=1S/C34H36FN3O5S/c35-28-20-24(19-27(40)18-23-4-5-23)6-9-30(28)43-31-3-1-2-25-21-32(44-33(25)31)29-8-7-26(22-36-29)34(41)38-12-10-37(11-13-38)14-16-42-17-15-39/h1-3,6-9,20-23,39H,4-5,10-19H2. The normalized spacial score (nSPS) is 15.5. The predicted molar refractivity (Wildman–Crippen MR) is 168 cm³/mol. The summed E-state index contributed by atoms with van der Waals surface area (Å²) in [5.41, 5.74) is 1.95. The Morgan fingerprint density at radius 1 is 1.00 bits per heavy atom. The average molecular weight is 618 g/mol. The summed E-state index contributed by atoms with van der Waals surface area (Å²) in [7, 11) is 0. The average Bonchev–Trinajstić information content (AvgIpc) is 3.74. The molecule has 44 heavy (non-hydrogen) atoms. The van der Waals surface area contributed by atoms with E-state index in [1.807, 2.05) is 41.3 Å². The minimum Gasteiger partial charge on any atom is -0.453 e. The van der Waals surface area contributed by atoms with Crippen molar-refractivity contribution in [2.75, 3.05) is 52.5 Å². The van der Waals surface area contributed by atoms with Crippen LogP contribution in [0.4, 0.5) is 4.39 Å². The number of thiophene rings is 1. The smallest absolute Gasteiger partial charge is 0.255 e. The first-order valence-corrected chi connectivity index (χ1v) is 16.0. The predicted octanol–water partition coefficient (Wildman–Crippen LogP) is 5.57. The van der Waals surface area contributed by atoms with Crippen molar-refractivity contribution in [3.63, 3.8) is 0 Å². The molecule has 2 aromatic heterocycles. The number of nitrogens with zero attached hydrogens (tertiary/aromatic N) is 3. The van der Waals surface area contributed by atoms with Crippen LogP contribution in [-0.4, -0.2) is 84.1 Å². The van der Waals surface area contributed by atoms with Gasteiger partial charge in [0, 0.05) is 51.8 Å². The Morgan fingerprint density at radius 2 is 1.84 bits per heavy atom. The molecule has 0 radical (unpaired) electrons. The fourth-order valence-corrected chi connectivity index (χ4v) is 6.51. The zero-order chi connectivity index (χ0) is 30.5. The summed E-state index contributed by atoms with van der Waals surface area (Å²) >= 11 is 1.50. The molecule has 10 heteroatoms. The van der Waals surface area contributed by atoms with Crippen molar-refractivity contribution in [2.45, 2.75) is 25.7 Å². The first kappa shape index (κ1) is 30.3. The van der Waals surface area contributed by atoms with Gasteiger partial charge in [-0.15, -0.1) is 11.3 Å². The lowest BCUT2D eigenvalue weighted by atomic mass is 10.0. The maximum atomic E-state index is 15.0. The first-order valence-electron chi connectivity index (χ1n) is 15.1. The lowest BCUT2D eigenvalue weighted by Gasteiger charge is -2.34. The fourth-order valence-electron chi connectivity index (χ4n) is 5.43. The topological polar surface area (TPSA) is 92.2 Å². The Labute approximate surface area is 260 Å². The quantitative estimate of drug-likeness (QED) is 0.196. The summed E-state index contributed by atoms with van der Waals surface area (Å²) in [5, 5.41) is 9.77. The van der Waals surface area contributed by atoms with E-state index in [1.54, 1.807) is 18.3 Å². The second kappa shape index (κ2) is 13.9. The molecule has 4 aromatic rings. The van der Waals surface area contributed by atoms with Crippen molar-refractivity contribution >= 4 is 33.1 Å². The monoisotopic (exact) mass is 617 g/mol. The van der Waals surface area contributed by atoms with E-state index in [-0.39, 0.29) is 30.5 Å². The van der Waals surface area contributed by atoms with Crippen molar-refractivity contribution < 1.29 is 28.6 Å². The molecule has 1 aliphatic heterocycles. The number of amides is 1. The Kier molecular flexibility index (Phi) is 9.61. The van der Waals surface area contributed by atoms with Gasteiger partial charge in [-0.05, 0) is 66.1 Å². The minimum atomic E-state index is -0.495. The molecular weight excluding hydrogens is 581 g/mol. The van der Waals surface area contributed by atoms with Crippen LogP contribution in [0.1, 0.15) is 35.2 Å². The third kappa shape index (κ3) is 7.50. The number of piperazine rings is 1. The van der Waals surface area contributed by atoms with Crippen LogP contribution >= 0.6 is 11.3 Å². The molecule has 6 rings (SSSR count). The maximum absolute atomic E-state index is 15.0. The number of halogens is 1. The number of benzene rings is 2. The molecule has 0 bridgehead atoms. The molecule has 3 heterocycles. The molecule has 1 amide bonds. The molecule has 230 valence electrons. The molecule has 1 N–H and O–H groups in total. The van der Waals surface area contributed by atoms with Gasteiger partial charge in [-0.1, -0.05) is 18.2 Å². The van der Waals surface area contributed by atoms with E-state index in [9.17, 15) is 14.0 Å². The number of ketones is 1. The van der Waals surface area contributed by atoms with Crippen molar-refractivity contribution in [1.82, 2.24) is 14.8 Å². The van der Waals surface area contributed by atoms with Crippen LogP contribution in [0.25, 0.3) is 20.7 Å². The van der Waals surface area contributed by atoms with Crippen molar-refractivity contribution in [1.29, 1.82) is 0 Å². The van der Waals surface area contributed by atoms with Gasteiger partial charge in [-0.25, -0.2) is 4.39 Å². The highest BCUT2D eigenvalue weighted by atomic mass is 32.1. The third-order valence-electron chi connectivity index (χ3n) is 8.05. The molecule has 1 aliphatic carbocycles. The molecule has 2 aromatic carbocycles. The number of hydrogen-bond acceptors (Lipinski definition) is 8. The molecule has 8 nitrogen and oxygen atoms in total. The van der Waals surface area contributed by atoms with Crippen LogP contribution in [-0.2, 0) is 16.0 Å². The summed E-state index contributed by atoms with van der Waals surface area (Å²) in [5.74, 6) is 0.796. The Morgan fingerprint density at radius 3 is 2.57 bits per heavy atom. The Balaban J connectivity index is 1.09. The summed E-state index contributed by atoms with van der Waals surface area (Å²) in [6, 6.07) is 16.1. The zero-order valence-electron chi connectivity index (χ0n) is 24.5. The summed E-state index contributed by atoms with van der Waals surface area (Å²) in [6.07, 6.45) is 4.69. The molecule has 0 atom stereocenters. The molecular formula is C34H36FN3O5S. The molecule has 1 saturated carbocycles. The third-order valence-corrected chi connectivity index (χ3v) is 9.24. The van der Waals surface area contributed by atoms with Crippen LogP contribution < -0.4 is 4.74 Å². The highest BCUT2D eigenvalue weighted by molar-refractivity contribution is 7.22. The van der Waals surface area contributed by atoms with Crippen molar-refractivity contribution in [2.24, 2.45) is 5.92 Å². The van der Waals surface area contributed by atoms with E-state index < -0.39 is 5.82 Å². The van der Waals surface area contributed by atoms with Gasteiger partial charge in [-0.2, -0.15) is 0 Å². The number of fused-ring (bicyclic) bond motifs is 1. The van der Waals surface area contributed by atoms with Crippen molar-refractivity contribution in [3.8, 4) is 22.1 Å². The fraction of sp³-hybridized carbons (Fsp3) is 0.382. The lowest BCUT2D eigenvalue weighted by molar-refractivity contribution is -0.118. The number of carbonyl (C=O) groups excluding carboxylic acids is 2. The second-order valence-corrected chi connectivity index (χ2v) is 12.5. The van der Waals surface area contributed by atoms with Crippen LogP contribution in [0, 0.1) is 11.7 Å². The highest BCUT2D eigenvalue weighted by Gasteiger charge is 2.25. The number of hydrogen-bond donors (Lipinski definition) is 1. The van der Waals surface area contributed by atoms with Crippen LogP contribution in [0.2, 0.25) is 0 Å². The molecule has 2 aliphatic rings.